The Kier molecular flexibility index (Phi) is 6.82. The summed E-state index contributed by atoms with van der Waals surface area (Å²) in [5.41, 5.74) is 2.77. The Morgan fingerprint density at radius 2 is 1.97 bits per heavy atom. The second-order valence-electron chi connectivity index (χ2n) is 8.14. The highest BCUT2D eigenvalue weighted by Gasteiger charge is 2.45. The molecule has 0 aliphatic carbocycles. The highest BCUT2D eigenvalue weighted by Crippen LogP contribution is 2.47. The summed E-state index contributed by atoms with van der Waals surface area (Å²) in [6.07, 6.45) is -0.849. The zero-order valence-electron chi connectivity index (χ0n) is 18.8. The van der Waals surface area contributed by atoms with Crippen molar-refractivity contribution >= 4 is 44.5 Å². The standard InChI is InChI=1S/C24H24F3N3O2S2/c1-14(24(25,26)27)30-12-18-9-17(20-11-28-23(34(20)3)29-15(2)31)10-19(21(18)22(30)32)33-13-16-7-5-4-6-8-16/h4-11,14,34H,12-13H2,1-3H3,(H,28,29,31)/t14-/m0/s1. The predicted octanol–water partition coefficient (Wildman–Crippen LogP) is 5.32. The molecule has 1 N–H and O–H groups in total. The van der Waals surface area contributed by atoms with Crippen LogP contribution in [0.5, 0.6) is 0 Å². The molecule has 0 spiro atoms. The molecule has 0 saturated heterocycles. The van der Waals surface area contributed by atoms with Gasteiger partial charge in [0.2, 0.25) is 5.91 Å². The molecule has 2 aromatic carbocycles. The van der Waals surface area contributed by atoms with Gasteiger partial charge in [-0.15, -0.1) is 11.8 Å². The molecule has 0 saturated carbocycles. The number of nitrogens with zero attached hydrogens (tertiary/aromatic N) is 2. The van der Waals surface area contributed by atoms with Crippen molar-refractivity contribution in [2.45, 2.75) is 43.3 Å². The van der Waals surface area contributed by atoms with Crippen molar-refractivity contribution in [2.75, 3.05) is 6.26 Å². The summed E-state index contributed by atoms with van der Waals surface area (Å²) < 4.78 is 40.3. The zero-order valence-corrected chi connectivity index (χ0v) is 20.5. The third-order valence-electron chi connectivity index (χ3n) is 5.75. The van der Waals surface area contributed by atoms with E-state index < -0.39 is 29.0 Å². The highest BCUT2D eigenvalue weighted by atomic mass is 32.2. The van der Waals surface area contributed by atoms with Gasteiger partial charge in [0.15, 0.2) is 5.17 Å². The van der Waals surface area contributed by atoms with Gasteiger partial charge < -0.3 is 10.2 Å². The molecular formula is C24H24F3N3O2S2. The molecule has 2 aliphatic heterocycles. The molecule has 10 heteroatoms. The van der Waals surface area contributed by atoms with Gasteiger partial charge in [-0.3, -0.25) is 9.59 Å². The van der Waals surface area contributed by atoms with E-state index in [9.17, 15) is 22.8 Å². The SMILES string of the molecule is CC(=O)NC1=NC=C(c2cc3c(c(SCc4ccccc4)c2)C(=O)N([C@@H](C)C(F)(F)F)C3)[SH]1C. The Morgan fingerprint density at radius 1 is 1.26 bits per heavy atom. The number of hydrogen-bond donors (Lipinski definition) is 2. The second-order valence-corrected chi connectivity index (χ2v) is 11.2. The average molecular weight is 508 g/mol. The first-order valence-electron chi connectivity index (χ1n) is 10.6. The molecule has 2 aromatic rings. The number of halogens is 3. The maximum absolute atomic E-state index is 13.4. The van der Waals surface area contributed by atoms with E-state index in [1.807, 2.05) is 42.7 Å². The molecule has 34 heavy (non-hydrogen) atoms. The molecule has 0 bridgehead atoms. The van der Waals surface area contributed by atoms with Gasteiger partial charge >= 0.3 is 6.18 Å². The number of nitrogens with one attached hydrogen (secondary N) is 1. The van der Waals surface area contributed by atoms with Crippen molar-refractivity contribution in [1.82, 2.24) is 10.2 Å². The number of rotatable bonds is 5. The largest absolute Gasteiger partial charge is 0.408 e. The third kappa shape index (κ3) is 4.88. The molecular weight excluding hydrogens is 483 g/mol. The number of carbonyl (C=O) groups is 2. The van der Waals surface area contributed by atoms with E-state index in [-0.39, 0.29) is 12.5 Å². The zero-order chi connectivity index (χ0) is 24.6. The minimum Gasteiger partial charge on any atom is -0.322 e. The van der Waals surface area contributed by atoms with Gasteiger partial charge in [0.05, 0.1) is 5.56 Å². The Morgan fingerprint density at radius 3 is 2.62 bits per heavy atom. The van der Waals surface area contributed by atoms with Crippen molar-refractivity contribution in [1.29, 1.82) is 0 Å². The average Bonchev–Trinajstić information content (AvgIpc) is 3.31. The molecule has 1 unspecified atom stereocenters. The number of aliphatic imine (C=N–C) groups is 1. The fourth-order valence-electron chi connectivity index (χ4n) is 3.88. The first-order valence-corrected chi connectivity index (χ1v) is 13.3. The molecule has 0 radical (unpaired) electrons. The van der Waals surface area contributed by atoms with Crippen molar-refractivity contribution in [3.8, 4) is 0 Å². The van der Waals surface area contributed by atoms with Crippen LogP contribution in [0.2, 0.25) is 0 Å². The lowest BCUT2D eigenvalue weighted by molar-refractivity contribution is -0.172. The fourth-order valence-corrected chi connectivity index (χ4v) is 6.50. The maximum Gasteiger partial charge on any atom is 0.408 e. The normalized spacial score (nSPS) is 19.5. The van der Waals surface area contributed by atoms with Crippen LogP contribution in [0.1, 0.15) is 40.9 Å². The molecule has 2 heterocycles. The van der Waals surface area contributed by atoms with E-state index in [1.165, 1.54) is 18.7 Å². The lowest BCUT2D eigenvalue weighted by Crippen LogP contribution is -2.43. The molecule has 4 rings (SSSR count). The highest BCUT2D eigenvalue weighted by molar-refractivity contribution is 8.36. The second kappa shape index (κ2) is 9.50. The van der Waals surface area contributed by atoms with Gasteiger partial charge in [0, 0.05) is 35.2 Å². The smallest absolute Gasteiger partial charge is 0.322 e. The minimum absolute atomic E-state index is 0.101. The molecule has 2 amide bonds. The van der Waals surface area contributed by atoms with Gasteiger partial charge in [0.25, 0.3) is 5.91 Å². The summed E-state index contributed by atoms with van der Waals surface area (Å²) >= 11 is 1.43. The summed E-state index contributed by atoms with van der Waals surface area (Å²) in [5, 5.41) is 3.33. The van der Waals surface area contributed by atoms with Crippen molar-refractivity contribution in [2.24, 2.45) is 4.99 Å². The number of thiol groups is 1. The lowest BCUT2D eigenvalue weighted by atomic mass is 10.1. The fraction of sp³-hybridized carbons (Fsp3) is 0.292. The van der Waals surface area contributed by atoms with E-state index in [1.54, 1.807) is 12.3 Å². The molecule has 0 aromatic heterocycles. The van der Waals surface area contributed by atoms with Crippen molar-refractivity contribution < 1.29 is 22.8 Å². The lowest BCUT2D eigenvalue weighted by Gasteiger charge is -2.26. The number of amidine groups is 1. The minimum atomic E-state index is -4.51. The van der Waals surface area contributed by atoms with Crippen LogP contribution < -0.4 is 5.32 Å². The molecule has 5 nitrogen and oxygen atoms in total. The van der Waals surface area contributed by atoms with Crippen molar-refractivity contribution in [3.05, 3.63) is 70.9 Å². The van der Waals surface area contributed by atoms with Gasteiger partial charge in [0.1, 0.15) is 6.04 Å². The van der Waals surface area contributed by atoms with Crippen LogP contribution >= 0.6 is 22.7 Å². The number of fused-ring (bicyclic) bond motifs is 1. The molecule has 180 valence electrons. The van der Waals surface area contributed by atoms with E-state index in [0.717, 1.165) is 27.9 Å². The van der Waals surface area contributed by atoms with Crippen LogP contribution in [0.3, 0.4) is 0 Å². The van der Waals surface area contributed by atoms with Crippen LogP contribution in [0.4, 0.5) is 13.2 Å². The predicted molar refractivity (Wildman–Crippen MR) is 132 cm³/mol. The van der Waals surface area contributed by atoms with E-state index in [4.69, 9.17) is 0 Å². The summed E-state index contributed by atoms with van der Waals surface area (Å²) in [4.78, 5) is 31.4. The Hall–Kier alpha value is -2.72. The summed E-state index contributed by atoms with van der Waals surface area (Å²) in [6.45, 7) is 2.33. The van der Waals surface area contributed by atoms with Crippen LogP contribution in [-0.4, -0.2) is 40.4 Å². The number of hydrogen-bond acceptors (Lipinski definition) is 4. The monoisotopic (exact) mass is 507 g/mol. The number of alkyl halides is 3. The quantitative estimate of drug-likeness (QED) is 0.425. The van der Waals surface area contributed by atoms with E-state index in [2.05, 4.69) is 10.3 Å². The van der Waals surface area contributed by atoms with E-state index in [0.29, 0.717) is 26.9 Å². The first-order chi connectivity index (χ1) is 16.1. The summed E-state index contributed by atoms with van der Waals surface area (Å²) in [5.74, 6) is -0.235. The number of thioether (sulfide) groups is 1. The number of amides is 2. The summed E-state index contributed by atoms with van der Waals surface area (Å²) in [7, 11) is -0.934. The Balaban J connectivity index is 1.70. The van der Waals surface area contributed by atoms with Gasteiger partial charge in [-0.05, 0) is 42.0 Å². The van der Waals surface area contributed by atoms with Crippen molar-refractivity contribution in [3.63, 3.8) is 0 Å². The molecule has 0 fully saturated rings. The Bertz CT molecular complexity index is 1200. The van der Waals surface area contributed by atoms with Crippen LogP contribution in [0.25, 0.3) is 4.91 Å². The topological polar surface area (TPSA) is 61.8 Å². The van der Waals surface area contributed by atoms with Gasteiger partial charge in [-0.2, -0.15) is 24.1 Å². The molecule has 2 atom stereocenters. The number of benzene rings is 2. The number of carbonyl (C=O) groups excluding carboxylic acids is 2. The summed E-state index contributed by atoms with van der Waals surface area (Å²) in [6, 6.07) is 11.5. The maximum atomic E-state index is 13.4. The van der Waals surface area contributed by atoms with Crippen LogP contribution in [0, 0.1) is 0 Å². The van der Waals surface area contributed by atoms with E-state index >= 15 is 0 Å². The van der Waals surface area contributed by atoms with Gasteiger partial charge in [-0.25, -0.2) is 4.99 Å². The van der Waals surface area contributed by atoms with Crippen LogP contribution in [-0.2, 0) is 17.1 Å². The third-order valence-corrected chi connectivity index (χ3v) is 8.82. The first kappa shape index (κ1) is 24.4. The molecule has 2 aliphatic rings. The Labute approximate surface area is 202 Å². The van der Waals surface area contributed by atoms with Crippen LogP contribution in [0.15, 0.2) is 58.6 Å². The van der Waals surface area contributed by atoms with Gasteiger partial charge in [-0.1, -0.05) is 30.3 Å².